The fourth-order valence-electron chi connectivity index (χ4n) is 5.69. The molecule has 0 aromatic heterocycles. The lowest BCUT2D eigenvalue weighted by atomic mass is 10.1. The molecule has 0 radical (unpaired) electrons. The minimum absolute atomic E-state index is 0.0594. The number of ether oxygens (including phenoxy) is 4. The summed E-state index contributed by atoms with van der Waals surface area (Å²) in [6.45, 7) is 8.11. The smallest absolute Gasteiger partial charge is 0.286 e. The van der Waals surface area contributed by atoms with Crippen LogP contribution in [-0.2, 0) is 9.59 Å². The third kappa shape index (κ3) is 8.02. The summed E-state index contributed by atoms with van der Waals surface area (Å²) in [4.78, 5) is 74.2. The highest BCUT2D eigenvalue weighted by atomic mass is 16.6. The minimum atomic E-state index is -0.761. The van der Waals surface area contributed by atoms with Gasteiger partial charge < -0.3 is 38.3 Å². The molecule has 2 saturated heterocycles. The normalized spacial score (nSPS) is 17.1. The lowest BCUT2D eigenvalue weighted by Gasteiger charge is -2.21. The molecule has 0 N–H and O–H groups in total. The Kier molecular flexibility index (Phi) is 11.7. The highest BCUT2D eigenvalue weighted by Crippen LogP contribution is 2.38. The van der Waals surface area contributed by atoms with E-state index in [1.165, 1.54) is 36.2 Å². The van der Waals surface area contributed by atoms with Crippen LogP contribution in [0.3, 0.4) is 0 Å². The van der Waals surface area contributed by atoms with Gasteiger partial charge in [0.1, 0.15) is 23.7 Å². The maximum Gasteiger partial charge on any atom is 0.286 e. The van der Waals surface area contributed by atoms with Gasteiger partial charge in [0, 0.05) is 25.2 Å². The van der Waals surface area contributed by atoms with E-state index in [-0.39, 0.29) is 73.3 Å². The number of nitro benzene ring substituents is 2. The molecule has 16 heteroatoms. The van der Waals surface area contributed by atoms with Crippen molar-refractivity contribution < 1.29 is 48.0 Å². The van der Waals surface area contributed by atoms with E-state index in [1.807, 2.05) is 0 Å². The summed E-state index contributed by atoms with van der Waals surface area (Å²) < 4.78 is 22.2. The van der Waals surface area contributed by atoms with Crippen molar-refractivity contribution in [2.75, 3.05) is 40.5 Å². The largest absolute Gasteiger partial charge is 0.493 e. The molecule has 49 heavy (non-hydrogen) atoms. The van der Waals surface area contributed by atoms with E-state index in [4.69, 9.17) is 18.9 Å². The molecule has 0 spiro atoms. The van der Waals surface area contributed by atoms with Gasteiger partial charge in [-0.25, -0.2) is 0 Å². The average Bonchev–Trinajstić information content (AvgIpc) is 3.67. The first-order valence-corrected chi connectivity index (χ1v) is 15.3. The second kappa shape index (κ2) is 15.9. The molecule has 2 aromatic rings. The van der Waals surface area contributed by atoms with Crippen LogP contribution >= 0.6 is 0 Å². The van der Waals surface area contributed by atoms with Crippen molar-refractivity contribution in [2.24, 2.45) is 0 Å². The van der Waals surface area contributed by atoms with Crippen molar-refractivity contribution in [3.63, 3.8) is 0 Å². The van der Waals surface area contributed by atoms with Gasteiger partial charge in [-0.3, -0.25) is 29.8 Å². The Bertz CT molecular complexity index is 1570. The Morgan fingerprint density at radius 1 is 0.735 bits per heavy atom. The van der Waals surface area contributed by atoms with Crippen LogP contribution in [-0.4, -0.2) is 96.6 Å². The number of carbonyl (C=O) groups is 4. The number of nitro groups is 2. The van der Waals surface area contributed by atoms with Crippen molar-refractivity contribution in [3.8, 4) is 23.0 Å². The second-order valence-electron chi connectivity index (χ2n) is 11.5. The Labute approximate surface area is 281 Å². The number of nitrogens with zero attached hydrogens (tertiary/aromatic N) is 4. The molecule has 2 aromatic carbocycles. The summed E-state index contributed by atoms with van der Waals surface area (Å²) in [6.07, 6.45) is 3.34. The van der Waals surface area contributed by atoms with Gasteiger partial charge in [0.05, 0.1) is 61.5 Å². The first-order chi connectivity index (χ1) is 23.4. The summed E-state index contributed by atoms with van der Waals surface area (Å²) in [5, 5.41) is 23.8. The van der Waals surface area contributed by atoms with Crippen LogP contribution in [0.5, 0.6) is 23.0 Å². The predicted octanol–water partition coefficient (Wildman–Crippen LogP) is 4.09. The van der Waals surface area contributed by atoms with Gasteiger partial charge in [-0.15, -0.1) is 0 Å². The quantitative estimate of drug-likeness (QED) is 0.0810. The highest BCUT2D eigenvalue weighted by Gasteiger charge is 2.37. The van der Waals surface area contributed by atoms with E-state index in [1.54, 1.807) is 0 Å². The summed E-state index contributed by atoms with van der Waals surface area (Å²) in [5.74, 6) is -1.07. The fourth-order valence-corrected chi connectivity index (χ4v) is 5.69. The van der Waals surface area contributed by atoms with E-state index in [2.05, 4.69) is 13.2 Å². The molecule has 4 rings (SSSR count). The van der Waals surface area contributed by atoms with E-state index in [0.29, 0.717) is 43.0 Å². The predicted molar refractivity (Wildman–Crippen MR) is 173 cm³/mol. The van der Waals surface area contributed by atoms with Gasteiger partial charge in [0.2, 0.25) is 0 Å². The van der Waals surface area contributed by atoms with Crippen molar-refractivity contribution in [1.82, 2.24) is 9.80 Å². The lowest BCUT2D eigenvalue weighted by Crippen LogP contribution is -2.36. The molecule has 260 valence electrons. The summed E-state index contributed by atoms with van der Waals surface area (Å²) in [5.41, 5.74) is -0.158. The molecule has 0 aliphatic carbocycles. The SMILES string of the molecule is C=C1C[C@@H](C=O)N(C(=O)c2cc(OC)c(OCCCCCOc3cc([N+](=O)[O-])c(C(=O)N4CC(=C)C[C@H]4C=O)cc3OC)cc2[N+](=O)[O-])C1. The monoisotopic (exact) mass is 680 g/mol. The molecule has 2 heterocycles. The van der Waals surface area contributed by atoms with Crippen LogP contribution in [0.4, 0.5) is 11.4 Å². The number of benzene rings is 2. The zero-order chi connectivity index (χ0) is 35.8. The molecular formula is C33H36N4O12. The Morgan fingerprint density at radius 2 is 1.12 bits per heavy atom. The summed E-state index contributed by atoms with van der Waals surface area (Å²) in [7, 11) is 2.66. The number of hydrogen-bond acceptors (Lipinski definition) is 12. The topological polar surface area (TPSA) is 198 Å². The highest BCUT2D eigenvalue weighted by molar-refractivity contribution is 6.01. The number of rotatable bonds is 16. The summed E-state index contributed by atoms with van der Waals surface area (Å²) >= 11 is 0. The molecule has 16 nitrogen and oxygen atoms in total. The molecule has 2 amide bonds. The number of methoxy groups -OCH3 is 2. The molecular weight excluding hydrogens is 644 g/mol. The Balaban J connectivity index is 1.36. The maximum atomic E-state index is 13.2. The van der Waals surface area contributed by atoms with Crippen LogP contribution in [0.2, 0.25) is 0 Å². The number of carbonyl (C=O) groups excluding carboxylic acids is 4. The zero-order valence-electron chi connectivity index (χ0n) is 27.1. The third-order valence-electron chi connectivity index (χ3n) is 8.14. The van der Waals surface area contributed by atoms with E-state index < -0.39 is 45.1 Å². The van der Waals surface area contributed by atoms with Gasteiger partial charge >= 0.3 is 0 Å². The molecule has 0 saturated carbocycles. The third-order valence-corrected chi connectivity index (χ3v) is 8.14. The number of hydrogen-bond donors (Lipinski definition) is 0. The van der Waals surface area contributed by atoms with Crippen LogP contribution in [0.1, 0.15) is 52.8 Å². The van der Waals surface area contributed by atoms with Gasteiger partial charge in [0.25, 0.3) is 23.2 Å². The van der Waals surface area contributed by atoms with Crippen LogP contribution < -0.4 is 18.9 Å². The molecule has 2 aliphatic heterocycles. The van der Waals surface area contributed by atoms with Crippen molar-refractivity contribution in [3.05, 3.63) is 79.9 Å². The van der Waals surface area contributed by atoms with Gasteiger partial charge in [0.15, 0.2) is 23.0 Å². The van der Waals surface area contributed by atoms with E-state index in [9.17, 15) is 39.4 Å². The molecule has 2 fully saturated rings. The fraction of sp³-hybridized carbons (Fsp3) is 0.394. The van der Waals surface area contributed by atoms with E-state index >= 15 is 0 Å². The van der Waals surface area contributed by atoms with E-state index in [0.717, 1.165) is 12.1 Å². The lowest BCUT2D eigenvalue weighted by molar-refractivity contribution is -0.385. The van der Waals surface area contributed by atoms with Crippen LogP contribution in [0.25, 0.3) is 0 Å². The van der Waals surface area contributed by atoms with Gasteiger partial charge in [-0.05, 0) is 32.1 Å². The standard InChI is InChI=1S/C33H36N4O12/c1-20-10-22(18-38)34(16-20)32(40)24-12-28(46-3)30(14-26(24)36(42)43)48-8-6-5-7-9-49-31-15-27(37(44)45)25(13-29(31)47-4)33(41)35-17-21(2)11-23(35)19-39/h12-15,18-19,22-23H,1-2,5-11,16-17H2,3-4H3/t22-,23-/m0/s1. The zero-order valence-corrected chi connectivity index (χ0v) is 27.1. The number of aldehydes is 2. The van der Waals surface area contributed by atoms with Crippen molar-refractivity contribution in [1.29, 1.82) is 0 Å². The molecule has 0 unspecified atom stereocenters. The Hall–Kier alpha value is -5.80. The molecule has 0 bridgehead atoms. The maximum absolute atomic E-state index is 13.2. The average molecular weight is 681 g/mol. The molecule has 2 atom stereocenters. The number of unbranched alkanes of at least 4 members (excludes halogenated alkanes) is 2. The number of amides is 2. The minimum Gasteiger partial charge on any atom is -0.493 e. The van der Waals surface area contributed by atoms with Gasteiger partial charge in [-0.2, -0.15) is 0 Å². The van der Waals surface area contributed by atoms with Crippen molar-refractivity contribution in [2.45, 2.75) is 44.2 Å². The number of likely N-dealkylation sites (tertiary alicyclic amines) is 2. The van der Waals surface area contributed by atoms with Crippen LogP contribution in [0.15, 0.2) is 48.6 Å². The Morgan fingerprint density at radius 3 is 1.45 bits per heavy atom. The van der Waals surface area contributed by atoms with Crippen LogP contribution in [0, 0.1) is 20.2 Å². The second-order valence-corrected chi connectivity index (χ2v) is 11.5. The summed E-state index contributed by atoms with van der Waals surface area (Å²) in [6, 6.07) is 3.15. The molecule has 2 aliphatic rings. The first-order valence-electron chi connectivity index (χ1n) is 15.3. The van der Waals surface area contributed by atoms with Gasteiger partial charge in [-0.1, -0.05) is 24.3 Å². The van der Waals surface area contributed by atoms with Crippen molar-refractivity contribution >= 4 is 35.8 Å². The first kappa shape index (κ1) is 36.0.